The van der Waals surface area contributed by atoms with Gasteiger partial charge in [-0.25, -0.2) is 14.4 Å². The van der Waals surface area contributed by atoms with E-state index >= 15 is 0 Å². The molecule has 0 radical (unpaired) electrons. The largest absolute Gasteiger partial charge is 0.478 e. The van der Waals surface area contributed by atoms with E-state index in [1.165, 1.54) is 69.9 Å². The highest BCUT2D eigenvalue weighted by Gasteiger charge is 2.24. The number of hydrogen-bond acceptors (Lipinski definition) is 4. The van der Waals surface area contributed by atoms with Gasteiger partial charge in [-0.05, 0) is 18.6 Å². The molecule has 0 aliphatic carbocycles. The lowest BCUT2D eigenvalue weighted by Crippen LogP contribution is -2.16. The first-order valence-corrected chi connectivity index (χ1v) is 10.8. The fourth-order valence-corrected chi connectivity index (χ4v) is 3.32. The third-order valence-corrected chi connectivity index (χ3v) is 4.96. The smallest absolute Gasteiger partial charge is 0.339 e. The Balaban J connectivity index is 2.21. The molecular weight excluding hydrogens is 372 g/mol. The summed E-state index contributed by atoms with van der Waals surface area (Å²) in [4.78, 5) is 34.7. The van der Waals surface area contributed by atoms with Crippen LogP contribution in [-0.4, -0.2) is 34.7 Å². The fraction of sp³-hybridized carbons (Fsp3) is 0.609. The molecule has 162 valence electrons. The Morgan fingerprint density at radius 2 is 1.21 bits per heavy atom. The quantitative estimate of drug-likeness (QED) is 0.260. The Kier molecular flexibility index (Phi) is 12.4. The van der Waals surface area contributed by atoms with Crippen LogP contribution in [0.2, 0.25) is 0 Å². The molecule has 6 nitrogen and oxygen atoms in total. The second-order valence-corrected chi connectivity index (χ2v) is 7.36. The lowest BCUT2D eigenvalue weighted by Gasteiger charge is -2.09. The van der Waals surface area contributed by atoms with Crippen LogP contribution in [0.1, 0.15) is 115 Å². The molecule has 6 heteroatoms. The van der Waals surface area contributed by atoms with Crippen LogP contribution in [-0.2, 0) is 4.74 Å². The molecule has 0 saturated heterocycles. The van der Waals surface area contributed by atoms with Crippen molar-refractivity contribution >= 4 is 17.9 Å². The molecule has 0 atom stereocenters. The van der Waals surface area contributed by atoms with Gasteiger partial charge in [0.2, 0.25) is 0 Å². The number of aromatic carboxylic acids is 2. The minimum absolute atomic E-state index is 0.201. The van der Waals surface area contributed by atoms with Gasteiger partial charge in [-0.1, -0.05) is 83.6 Å². The lowest BCUT2D eigenvalue weighted by molar-refractivity contribution is 0.0487. The number of carbonyl (C=O) groups is 3. The minimum atomic E-state index is -1.46. The summed E-state index contributed by atoms with van der Waals surface area (Å²) in [6.45, 7) is 2.43. The Morgan fingerprint density at radius 1 is 0.724 bits per heavy atom. The molecule has 0 aromatic heterocycles. The SMILES string of the molecule is CCCCCCCCCCCCCCOC(=O)c1cccc(C(=O)O)c1C(=O)O. The molecule has 0 bridgehead atoms. The number of unbranched alkanes of at least 4 members (excludes halogenated alkanes) is 11. The number of carboxylic acids is 2. The van der Waals surface area contributed by atoms with Gasteiger partial charge in [0.05, 0.1) is 23.3 Å². The van der Waals surface area contributed by atoms with Crippen molar-refractivity contribution in [3.05, 3.63) is 34.9 Å². The lowest BCUT2D eigenvalue weighted by atomic mass is 10.0. The average molecular weight is 407 g/mol. The normalized spacial score (nSPS) is 10.7. The van der Waals surface area contributed by atoms with E-state index in [0.717, 1.165) is 18.9 Å². The molecule has 0 aliphatic rings. The van der Waals surface area contributed by atoms with Gasteiger partial charge in [-0.2, -0.15) is 0 Å². The first kappa shape index (κ1) is 24.7. The van der Waals surface area contributed by atoms with Crippen LogP contribution in [0.25, 0.3) is 0 Å². The van der Waals surface area contributed by atoms with Gasteiger partial charge < -0.3 is 14.9 Å². The number of ether oxygens (including phenoxy) is 1. The molecule has 1 aromatic carbocycles. The second-order valence-electron chi connectivity index (χ2n) is 7.36. The molecule has 0 saturated carbocycles. The van der Waals surface area contributed by atoms with Gasteiger partial charge in [-0.3, -0.25) is 0 Å². The van der Waals surface area contributed by atoms with Crippen molar-refractivity contribution in [3.63, 3.8) is 0 Å². The van der Waals surface area contributed by atoms with E-state index in [4.69, 9.17) is 9.84 Å². The molecule has 29 heavy (non-hydrogen) atoms. The molecule has 0 unspecified atom stereocenters. The highest BCUT2D eigenvalue weighted by molar-refractivity contribution is 6.09. The van der Waals surface area contributed by atoms with Crippen molar-refractivity contribution in [2.75, 3.05) is 6.61 Å². The van der Waals surface area contributed by atoms with Crippen molar-refractivity contribution in [2.24, 2.45) is 0 Å². The van der Waals surface area contributed by atoms with Gasteiger partial charge in [0.25, 0.3) is 0 Å². The van der Waals surface area contributed by atoms with Crippen LogP contribution in [0.15, 0.2) is 18.2 Å². The summed E-state index contributed by atoms with van der Waals surface area (Å²) in [5.41, 5.74) is -1.17. The minimum Gasteiger partial charge on any atom is -0.478 e. The maximum absolute atomic E-state index is 12.2. The second kappa shape index (κ2) is 14.6. The Bertz CT molecular complexity index is 653. The molecule has 1 rings (SSSR count). The molecule has 0 spiro atoms. The van der Waals surface area contributed by atoms with E-state index in [0.29, 0.717) is 6.42 Å². The number of rotatable bonds is 16. The predicted octanol–water partition coefficient (Wildman–Crippen LogP) is 5.94. The third-order valence-electron chi connectivity index (χ3n) is 4.96. The van der Waals surface area contributed by atoms with E-state index in [1.54, 1.807) is 0 Å². The van der Waals surface area contributed by atoms with E-state index < -0.39 is 29.0 Å². The standard InChI is InChI=1S/C23H34O6/c1-2-3-4-5-6-7-8-9-10-11-12-13-17-29-23(28)19-16-14-15-18(21(24)25)20(19)22(26)27/h14-16H,2-13,17H2,1H3,(H,24,25)(H,26,27). The van der Waals surface area contributed by atoms with Crippen LogP contribution in [0.5, 0.6) is 0 Å². The Labute approximate surface area is 173 Å². The molecule has 0 heterocycles. The zero-order valence-electron chi connectivity index (χ0n) is 17.5. The van der Waals surface area contributed by atoms with Crippen LogP contribution >= 0.6 is 0 Å². The van der Waals surface area contributed by atoms with Crippen molar-refractivity contribution in [1.82, 2.24) is 0 Å². The fourth-order valence-electron chi connectivity index (χ4n) is 3.32. The number of benzene rings is 1. The molecule has 0 fully saturated rings. The molecular formula is C23H34O6. The maximum atomic E-state index is 12.2. The molecule has 0 amide bonds. The highest BCUT2D eigenvalue weighted by Crippen LogP contribution is 2.17. The number of carboxylic acid groups (broad SMARTS) is 2. The van der Waals surface area contributed by atoms with Crippen molar-refractivity contribution in [3.8, 4) is 0 Å². The number of hydrogen-bond donors (Lipinski definition) is 2. The van der Waals surface area contributed by atoms with Crippen molar-refractivity contribution in [2.45, 2.75) is 84.0 Å². The predicted molar refractivity (Wildman–Crippen MR) is 112 cm³/mol. The van der Waals surface area contributed by atoms with E-state index in [9.17, 15) is 19.5 Å². The van der Waals surface area contributed by atoms with Crippen LogP contribution in [0.3, 0.4) is 0 Å². The van der Waals surface area contributed by atoms with Gasteiger partial charge in [0.1, 0.15) is 0 Å². The average Bonchev–Trinajstić information content (AvgIpc) is 2.70. The zero-order valence-corrected chi connectivity index (χ0v) is 17.5. The molecule has 0 aliphatic heterocycles. The van der Waals surface area contributed by atoms with Crippen LogP contribution in [0.4, 0.5) is 0 Å². The van der Waals surface area contributed by atoms with E-state index in [2.05, 4.69) is 6.92 Å². The van der Waals surface area contributed by atoms with Gasteiger partial charge in [0, 0.05) is 0 Å². The maximum Gasteiger partial charge on any atom is 0.339 e. The highest BCUT2D eigenvalue weighted by atomic mass is 16.5. The Hall–Kier alpha value is -2.37. The molecule has 2 N–H and O–H groups in total. The zero-order chi connectivity index (χ0) is 21.5. The third kappa shape index (κ3) is 9.59. The van der Waals surface area contributed by atoms with E-state index in [1.807, 2.05) is 0 Å². The summed E-state index contributed by atoms with van der Waals surface area (Å²) in [6.07, 6.45) is 14.4. The summed E-state index contributed by atoms with van der Waals surface area (Å²) >= 11 is 0. The van der Waals surface area contributed by atoms with Gasteiger partial charge in [0.15, 0.2) is 0 Å². The molecule has 1 aromatic rings. The van der Waals surface area contributed by atoms with Crippen molar-refractivity contribution < 1.29 is 29.3 Å². The monoisotopic (exact) mass is 406 g/mol. The first-order valence-electron chi connectivity index (χ1n) is 10.8. The summed E-state index contributed by atoms with van der Waals surface area (Å²) in [5.74, 6) is -3.65. The first-order chi connectivity index (χ1) is 14.0. The van der Waals surface area contributed by atoms with E-state index in [-0.39, 0.29) is 12.2 Å². The topological polar surface area (TPSA) is 101 Å². The Morgan fingerprint density at radius 3 is 1.69 bits per heavy atom. The summed E-state index contributed by atoms with van der Waals surface area (Å²) in [7, 11) is 0. The summed E-state index contributed by atoms with van der Waals surface area (Å²) in [5, 5.41) is 18.4. The van der Waals surface area contributed by atoms with Crippen molar-refractivity contribution in [1.29, 1.82) is 0 Å². The van der Waals surface area contributed by atoms with Gasteiger partial charge in [-0.15, -0.1) is 0 Å². The number of carbonyl (C=O) groups excluding carboxylic acids is 1. The summed E-state index contributed by atoms with van der Waals surface area (Å²) < 4.78 is 5.15. The summed E-state index contributed by atoms with van der Waals surface area (Å²) in [6, 6.07) is 3.78. The number of esters is 1. The van der Waals surface area contributed by atoms with Crippen LogP contribution < -0.4 is 0 Å². The van der Waals surface area contributed by atoms with Crippen LogP contribution in [0, 0.1) is 0 Å². The van der Waals surface area contributed by atoms with Gasteiger partial charge >= 0.3 is 17.9 Å².